The molecule has 0 bridgehead atoms. The molecule has 1 unspecified atom stereocenters. The second kappa shape index (κ2) is 7.56. The number of rotatable bonds is 3. The molecule has 1 atom stereocenters. The zero-order valence-corrected chi connectivity index (χ0v) is 17.7. The Morgan fingerprint density at radius 2 is 1.93 bits per heavy atom. The number of piperidine rings is 1. The highest BCUT2D eigenvalue weighted by atomic mass is 35.5. The number of aromatic nitrogens is 2. The molecular formula is C22H25ClN6O. The first-order valence-corrected chi connectivity index (χ1v) is 10.7. The van der Waals surface area contributed by atoms with Crippen LogP contribution >= 0.6 is 11.6 Å². The molecule has 2 N–H and O–H groups in total. The fourth-order valence-corrected chi connectivity index (χ4v) is 5.07. The van der Waals surface area contributed by atoms with Crippen molar-refractivity contribution in [3.05, 3.63) is 53.0 Å². The number of aryl methyl sites for hydroxylation is 1. The number of aliphatic imine (C=N–C) groups is 1. The number of carbonyl (C=O) groups excluding carboxylic acids is 1. The van der Waals surface area contributed by atoms with Crippen LogP contribution in [-0.4, -0.2) is 58.6 Å². The lowest BCUT2D eigenvalue weighted by Gasteiger charge is -2.42. The number of allylic oxidation sites excluding steroid dienone is 1. The molecule has 4 heterocycles. The van der Waals surface area contributed by atoms with Crippen LogP contribution in [0.3, 0.4) is 0 Å². The van der Waals surface area contributed by atoms with E-state index in [1.54, 1.807) is 6.21 Å². The van der Waals surface area contributed by atoms with Crippen molar-refractivity contribution < 1.29 is 4.79 Å². The Kier molecular flexibility index (Phi) is 4.87. The van der Waals surface area contributed by atoms with Crippen LogP contribution in [0.4, 0.5) is 0 Å². The molecule has 0 aliphatic carbocycles. The standard InChI is InChI=1S/C22H25ClN6O/c1-28-13-17(10-27-28)15-2-4-16(5-3-15)18-11-24-12-19(23)20(18)29-8-6-22(7-9-29)21(30)25-14-26-22/h2-5,10,12-13,18,26H,6-9,11,14H2,1H3,(H,25,30). The maximum atomic E-state index is 12.3. The highest BCUT2D eigenvalue weighted by Gasteiger charge is 2.45. The Labute approximate surface area is 180 Å². The SMILES string of the molecule is Cn1cc(-c2ccc(C3CN=CC(Cl)=C3N3CCC4(CC3)NCNC4=O)cc2)cn1. The van der Waals surface area contributed by atoms with Crippen LogP contribution in [-0.2, 0) is 11.8 Å². The van der Waals surface area contributed by atoms with Gasteiger partial charge in [-0.25, -0.2) is 0 Å². The Morgan fingerprint density at radius 3 is 2.57 bits per heavy atom. The molecule has 1 amide bonds. The number of amides is 1. The van der Waals surface area contributed by atoms with Crippen LogP contribution in [0.25, 0.3) is 11.1 Å². The van der Waals surface area contributed by atoms with Crippen molar-refractivity contribution in [1.82, 2.24) is 25.3 Å². The summed E-state index contributed by atoms with van der Waals surface area (Å²) in [5.41, 5.74) is 4.13. The predicted molar refractivity (Wildman–Crippen MR) is 117 cm³/mol. The van der Waals surface area contributed by atoms with E-state index in [-0.39, 0.29) is 11.8 Å². The second-order valence-corrected chi connectivity index (χ2v) is 8.64. The summed E-state index contributed by atoms with van der Waals surface area (Å²) in [7, 11) is 1.92. The lowest BCUT2D eigenvalue weighted by Crippen LogP contribution is -2.54. The highest BCUT2D eigenvalue weighted by molar-refractivity contribution is 6.39. The maximum absolute atomic E-state index is 12.3. The molecule has 2 saturated heterocycles. The second-order valence-electron chi connectivity index (χ2n) is 8.23. The van der Waals surface area contributed by atoms with Crippen LogP contribution < -0.4 is 10.6 Å². The fraction of sp³-hybridized carbons (Fsp3) is 0.409. The van der Waals surface area contributed by atoms with E-state index >= 15 is 0 Å². The molecule has 1 aromatic carbocycles. The number of likely N-dealkylation sites (tertiary alicyclic amines) is 1. The minimum atomic E-state index is -0.423. The molecule has 2 fully saturated rings. The van der Waals surface area contributed by atoms with Gasteiger partial charge in [-0.15, -0.1) is 0 Å². The quantitative estimate of drug-likeness (QED) is 0.792. The molecule has 1 spiro atoms. The minimum Gasteiger partial charge on any atom is -0.373 e. The van der Waals surface area contributed by atoms with Gasteiger partial charge >= 0.3 is 0 Å². The molecule has 1 aromatic heterocycles. The van der Waals surface area contributed by atoms with Gasteiger partial charge in [-0.05, 0) is 24.0 Å². The zero-order chi connectivity index (χ0) is 20.7. The molecular weight excluding hydrogens is 400 g/mol. The van der Waals surface area contributed by atoms with Gasteiger partial charge in [-0.1, -0.05) is 35.9 Å². The predicted octanol–water partition coefficient (Wildman–Crippen LogP) is 2.22. The molecule has 2 aromatic rings. The van der Waals surface area contributed by atoms with Crippen molar-refractivity contribution in [2.24, 2.45) is 12.0 Å². The van der Waals surface area contributed by atoms with E-state index in [2.05, 4.69) is 49.9 Å². The van der Waals surface area contributed by atoms with Crippen molar-refractivity contribution in [2.75, 3.05) is 26.3 Å². The molecule has 8 heteroatoms. The topological polar surface area (TPSA) is 74.6 Å². The van der Waals surface area contributed by atoms with Crippen LogP contribution in [0, 0.1) is 0 Å². The first kappa shape index (κ1) is 19.3. The number of halogens is 1. The molecule has 3 aliphatic rings. The maximum Gasteiger partial charge on any atom is 0.241 e. The third kappa shape index (κ3) is 3.32. The lowest BCUT2D eigenvalue weighted by molar-refractivity contribution is -0.125. The monoisotopic (exact) mass is 424 g/mol. The van der Waals surface area contributed by atoms with E-state index in [0.29, 0.717) is 18.2 Å². The van der Waals surface area contributed by atoms with E-state index in [4.69, 9.17) is 11.6 Å². The molecule has 156 valence electrons. The van der Waals surface area contributed by atoms with E-state index in [1.807, 2.05) is 24.1 Å². The van der Waals surface area contributed by atoms with Gasteiger partial charge in [0.25, 0.3) is 0 Å². The third-order valence-electron chi connectivity index (χ3n) is 6.49. The van der Waals surface area contributed by atoms with Crippen molar-refractivity contribution in [3.63, 3.8) is 0 Å². The number of nitrogens with zero attached hydrogens (tertiary/aromatic N) is 4. The molecule has 30 heavy (non-hydrogen) atoms. The first-order chi connectivity index (χ1) is 14.6. The normalized spacial score (nSPS) is 23.3. The van der Waals surface area contributed by atoms with Crippen LogP contribution in [0.15, 0.2) is 52.4 Å². The minimum absolute atomic E-state index is 0.116. The molecule has 7 nitrogen and oxygen atoms in total. The van der Waals surface area contributed by atoms with Gasteiger partial charge in [-0.3, -0.25) is 19.8 Å². The summed E-state index contributed by atoms with van der Waals surface area (Å²) in [5.74, 6) is 0.236. The van der Waals surface area contributed by atoms with Crippen molar-refractivity contribution >= 4 is 23.7 Å². The molecule has 5 rings (SSSR count). The summed E-state index contributed by atoms with van der Waals surface area (Å²) in [6, 6.07) is 8.59. The van der Waals surface area contributed by atoms with Crippen molar-refractivity contribution in [2.45, 2.75) is 24.3 Å². The number of hydrogen-bond acceptors (Lipinski definition) is 5. The van der Waals surface area contributed by atoms with Crippen LogP contribution in [0.5, 0.6) is 0 Å². The molecule has 3 aliphatic heterocycles. The van der Waals surface area contributed by atoms with E-state index in [1.165, 1.54) is 5.56 Å². The molecule has 0 saturated carbocycles. The van der Waals surface area contributed by atoms with Crippen molar-refractivity contribution in [3.8, 4) is 11.1 Å². The first-order valence-electron chi connectivity index (χ1n) is 10.3. The Hall–Kier alpha value is -2.64. The Bertz CT molecular complexity index is 1020. The van der Waals surface area contributed by atoms with Gasteiger partial charge < -0.3 is 10.2 Å². The largest absolute Gasteiger partial charge is 0.373 e. The van der Waals surface area contributed by atoms with Gasteiger partial charge in [0.15, 0.2) is 0 Å². The number of hydrogen-bond donors (Lipinski definition) is 2. The summed E-state index contributed by atoms with van der Waals surface area (Å²) >= 11 is 6.65. The average molecular weight is 425 g/mol. The average Bonchev–Trinajstić information content (AvgIpc) is 3.35. The van der Waals surface area contributed by atoms with Crippen LogP contribution in [0.2, 0.25) is 0 Å². The third-order valence-corrected chi connectivity index (χ3v) is 6.78. The number of nitrogens with one attached hydrogen (secondary N) is 2. The fourth-order valence-electron chi connectivity index (χ4n) is 4.75. The van der Waals surface area contributed by atoms with Gasteiger partial charge in [-0.2, -0.15) is 5.10 Å². The summed E-state index contributed by atoms with van der Waals surface area (Å²) in [6.45, 7) is 2.83. The van der Waals surface area contributed by atoms with Crippen molar-refractivity contribution in [1.29, 1.82) is 0 Å². The van der Waals surface area contributed by atoms with Crippen LogP contribution in [0.1, 0.15) is 24.3 Å². The summed E-state index contributed by atoms with van der Waals surface area (Å²) in [6.07, 6.45) is 7.20. The summed E-state index contributed by atoms with van der Waals surface area (Å²) < 4.78 is 1.81. The molecule has 0 radical (unpaired) electrons. The zero-order valence-electron chi connectivity index (χ0n) is 16.9. The number of dihydropyridines is 1. The Balaban J connectivity index is 1.37. The lowest BCUT2D eigenvalue weighted by atomic mass is 9.85. The van der Waals surface area contributed by atoms with Gasteiger partial charge in [0.05, 0.1) is 24.4 Å². The van der Waals surface area contributed by atoms with Gasteiger partial charge in [0.2, 0.25) is 5.91 Å². The highest BCUT2D eigenvalue weighted by Crippen LogP contribution is 2.37. The summed E-state index contributed by atoms with van der Waals surface area (Å²) in [5, 5.41) is 11.2. The Morgan fingerprint density at radius 1 is 1.17 bits per heavy atom. The van der Waals surface area contributed by atoms with Gasteiger partial charge in [0.1, 0.15) is 5.54 Å². The van der Waals surface area contributed by atoms with E-state index < -0.39 is 5.54 Å². The summed E-state index contributed by atoms with van der Waals surface area (Å²) in [4.78, 5) is 19.1. The smallest absolute Gasteiger partial charge is 0.241 e. The van der Waals surface area contributed by atoms with Gasteiger partial charge in [0, 0.05) is 49.7 Å². The number of benzene rings is 1. The van der Waals surface area contributed by atoms with E-state index in [9.17, 15) is 4.79 Å². The van der Waals surface area contributed by atoms with E-state index in [0.717, 1.165) is 42.8 Å². The number of carbonyl (C=O) groups is 1.